The van der Waals surface area contributed by atoms with Gasteiger partial charge in [-0.15, -0.1) is 10.2 Å². The highest BCUT2D eigenvalue weighted by Crippen LogP contribution is 2.20. The number of amides is 1. The van der Waals surface area contributed by atoms with Crippen molar-refractivity contribution < 1.29 is 13.2 Å². The van der Waals surface area contributed by atoms with E-state index in [2.05, 4.69) is 34.3 Å². The number of carbonyl (C=O) groups is 1. The second kappa shape index (κ2) is 7.73. The fourth-order valence-corrected chi connectivity index (χ4v) is 4.34. The highest BCUT2D eigenvalue weighted by atomic mass is 32.2. The van der Waals surface area contributed by atoms with Crippen LogP contribution in [-0.2, 0) is 33.4 Å². The maximum absolute atomic E-state index is 12.5. The van der Waals surface area contributed by atoms with Crippen molar-refractivity contribution in [2.45, 2.75) is 32.6 Å². The van der Waals surface area contributed by atoms with Gasteiger partial charge in [-0.05, 0) is 18.1 Å². The van der Waals surface area contributed by atoms with E-state index in [0.29, 0.717) is 27.9 Å². The molecule has 2 heterocycles. The summed E-state index contributed by atoms with van der Waals surface area (Å²) in [7, 11) is -3.29. The summed E-state index contributed by atoms with van der Waals surface area (Å²) in [4.78, 5) is 16.9. The molecule has 3 rings (SSSR count). The Hall–Kier alpha value is -2.33. The molecule has 0 unspecified atom stereocenters. The first kappa shape index (κ1) is 19.4. The SMILES string of the molecule is CC(C)Cc1nnc(NC(=O)Cn2c(CS(C)(=O)=O)nc3ccccc32)s1. The van der Waals surface area contributed by atoms with Crippen LogP contribution in [0.1, 0.15) is 24.7 Å². The zero-order valence-corrected chi connectivity index (χ0v) is 17.0. The molecule has 0 aliphatic heterocycles. The van der Waals surface area contributed by atoms with E-state index in [1.807, 2.05) is 18.2 Å². The van der Waals surface area contributed by atoms with Crippen molar-refractivity contribution in [2.75, 3.05) is 11.6 Å². The second-order valence-corrected chi connectivity index (χ2v) is 10.0. The number of hydrogen-bond acceptors (Lipinski definition) is 7. The van der Waals surface area contributed by atoms with Gasteiger partial charge in [-0.25, -0.2) is 13.4 Å². The minimum absolute atomic E-state index is 0.0511. The Bertz CT molecular complexity index is 1070. The molecule has 3 aromatic rings. The standard InChI is InChI=1S/C17H21N5O3S2/c1-11(2)8-16-20-21-17(26-16)19-15(23)9-22-13-7-5-4-6-12(13)18-14(22)10-27(3,24)25/h4-7,11H,8-10H2,1-3H3,(H,19,21,23). The third-order valence-electron chi connectivity index (χ3n) is 3.72. The third-order valence-corrected chi connectivity index (χ3v) is 5.37. The van der Waals surface area contributed by atoms with Gasteiger partial charge in [0.15, 0.2) is 9.84 Å². The molecule has 2 aromatic heterocycles. The molecule has 27 heavy (non-hydrogen) atoms. The largest absolute Gasteiger partial charge is 0.318 e. The molecule has 0 aliphatic rings. The first-order chi connectivity index (χ1) is 12.7. The van der Waals surface area contributed by atoms with E-state index in [9.17, 15) is 13.2 Å². The van der Waals surface area contributed by atoms with E-state index in [4.69, 9.17) is 0 Å². The molecule has 0 saturated carbocycles. The summed E-state index contributed by atoms with van der Waals surface area (Å²) < 4.78 is 25.1. The Morgan fingerprint density at radius 1 is 1.26 bits per heavy atom. The van der Waals surface area contributed by atoms with Crippen LogP contribution in [0.3, 0.4) is 0 Å². The number of carbonyl (C=O) groups excluding carboxylic acids is 1. The Morgan fingerprint density at radius 2 is 2.00 bits per heavy atom. The molecule has 0 bridgehead atoms. The van der Waals surface area contributed by atoms with Crippen LogP contribution in [0, 0.1) is 5.92 Å². The predicted molar refractivity (Wildman–Crippen MR) is 105 cm³/mol. The Kier molecular flexibility index (Phi) is 5.56. The highest BCUT2D eigenvalue weighted by Gasteiger charge is 2.18. The first-order valence-corrected chi connectivity index (χ1v) is 11.3. The van der Waals surface area contributed by atoms with Gasteiger partial charge in [-0.1, -0.05) is 37.3 Å². The fraction of sp³-hybridized carbons (Fsp3) is 0.412. The van der Waals surface area contributed by atoms with Crippen LogP contribution in [0.5, 0.6) is 0 Å². The molecule has 1 N–H and O–H groups in total. The summed E-state index contributed by atoms with van der Waals surface area (Å²) in [6.45, 7) is 4.13. The monoisotopic (exact) mass is 407 g/mol. The molecule has 0 radical (unpaired) electrons. The van der Waals surface area contributed by atoms with Gasteiger partial charge in [0, 0.05) is 12.7 Å². The minimum Gasteiger partial charge on any atom is -0.318 e. The highest BCUT2D eigenvalue weighted by molar-refractivity contribution is 7.89. The molecule has 10 heteroatoms. The van der Waals surface area contributed by atoms with E-state index in [1.54, 1.807) is 10.6 Å². The molecular formula is C17H21N5O3S2. The van der Waals surface area contributed by atoms with Crippen LogP contribution in [-0.4, -0.2) is 40.3 Å². The number of fused-ring (bicyclic) bond motifs is 1. The molecule has 0 fully saturated rings. The average Bonchev–Trinajstić information content (AvgIpc) is 3.10. The molecule has 144 valence electrons. The van der Waals surface area contributed by atoms with E-state index >= 15 is 0 Å². The van der Waals surface area contributed by atoms with E-state index < -0.39 is 9.84 Å². The van der Waals surface area contributed by atoms with E-state index in [-0.39, 0.29) is 18.2 Å². The van der Waals surface area contributed by atoms with Crippen LogP contribution in [0.2, 0.25) is 0 Å². The van der Waals surface area contributed by atoms with Gasteiger partial charge in [-0.2, -0.15) is 0 Å². The third kappa shape index (κ3) is 5.10. The van der Waals surface area contributed by atoms with Gasteiger partial charge in [0.1, 0.15) is 23.1 Å². The molecule has 0 atom stereocenters. The topological polar surface area (TPSA) is 107 Å². The van der Waals surface area contributed by atoms with Crippen molar-refractivity contribution in [3.05, 3.63) is 35.1 Å². The summed E-state index contributed by atoms with van der Waals surface area (Å²) in [6, 6.07) is 7.25. The quantitative estimate of drug-likeness (QED) is 0.644. The van der Waals surface area contributed by atoms with Crippen molar-refractivity contribution in [2.24, 2.45) is 5.92 Å². The first-order valence-electron chi connectivity index (χ1n) is 8.45. The number of anilines is 1. The molecule has 0 spiro atoms. The zero-order chi connectivity index (χ0) is 19.6. The van der Waals surface area contributed by atoms with E-state index in [0.717, 1.165) is 17.7 Å². The van der Waals surface area contributed by atoms with Crippen molar-refractivity contribution >= 4 is 43.2 Å². The number of nitrogens with zero attached hydrogens (tertiary/aromatic N) is 4. The van der Waals surface area contributed by atoms with Gasteiger partial charge in [0.2, 0.25) is 11.0 Å². The van der Waals surface area contributed by atoms with Gasteiger partial charge < -0.3 is 4.57 Å². The number of imidazole rings is 1. The Labute approximate surface area is 161 Å². The lowest BCUT2D eigenvalue weighted by atomic mass is 10.1. The van der Waals surface area contributed by atoms with E-state index in [1.165, 1.54) is 11.3 Å². The number of para-hydroxylation sites is 2. The Balaban J connectivity index is 1.81. The lowest BCUT2D eigenvalue weighted by Crippen LogP contribution is -2.21. The smallest absolute Gasteiger partial charge is 0.246 e. The molecule has 1 amide bonds. The molecular weight excluding hydrogens is 386 g/mol. The van der Waals surface area contributed by atoms with Gasteiger partial charge in [-0.3, -0.25) is 10.1 Å². The van der Waals surface area contributed by atoms with Gasteiger partial charge in [0.05, 0.1) is 11.0 Å². The molecule has 0 saturated heterocycles. The lowest BCUT2D eigenvalue weighted by molar-refractivity contribution is -0.116. The van der Waals surface area contributed by atoms with Crippen LogP contribution >= 0.6 is 11.3 Å². The lowest BCUT2D eigenvalue weighted by Gasteiger charge is -2.08. The summed E-state index contributed by atoms with van der Waals surface area (Å²) in [5, 5.41) is 12.1. The van der Waals surface area contributed by atoms with Crippen molar-refractivity contribution in [1.29, 1.82) is 0 Å². The molecule has 8 nitrogen and oxygen atoms in total. The van der Waals surface area contributed by atoms with Crippen LogP contribution in [0.25, 0.3) is 11.0 Å². The normalized spacial score (nSPS) is 12.0. The van der Waals surface area contributed by atoms with Crippen LogP contribution in [0.4, 0.5) is 5.13 Å². The zero-order valence-electron chi connectivity index (χ0n) is 15.3. The predicted octanol–water partition coefficient (Wildman–Crippen LogP) is 2.27. The maximum atomic E-state index is 12.5. The number of hydrogen-bond donors (Lipinski definition) is 1. The number of sulfone groups is 1. The molecule has 1 aromatic carbocycles. The second-order valence-electron chi connectivity index (χ2n) is 6.82. The number of rotatable bonds is 7. The molecule has 0 aliphatic carbocycles. The summed E-state index contributed by atoms with van der Waals surface area (Å²) in [5.74, 6) is 0.260. The van der Waals surface area contributed by atoms with Crippen LogP contribution in [0.15, 0.2) is 24.3 Å². The summed E-state index contributed by atoms with van der Waals surface area (Å²) in [6.07, 6.45) is 1.95. The van der Waals surface area contributed by atoms with Crippen molar-refractivity contribution in [3.63, 3.8) is 0 Å². The average molecular weight is 408 g/mol. The number of nitrogens with one attached hydrogen (secondary N) is 1. The van der Waals surface area contributed by atoms with Crippen molar-refractivity contribution in [3.8, 4) is 0 Å². The Morgan fingerprint density at radius 3 is 2.70 bits per heavy atom. The maximum Gasteiger partial charge on any atom is 0.246 e. The van der Waals surface area contributed by atoms with Gasteiger partial charge in [0.25, 0.3) is 0 Å². The summed E-state index contributed by atoms with van der Waals surface area (Å²) >= 11 is 1.35. The minimum atomic E-state index is -3.29. The van der Waals surface area contributed by atoms with Crippen molar-refractivity contribution in [1.82, 2.24) is 19.7 Å². The number of aromatic nitrogens is 4. The number of benzene rings is 1. The summed E-state index contributed by atoms with van der Waals surface area (Å²) in [5.41, 5.74) is 1.36. The fourth-order valence-electron chi connectivity index (χ4n) is 2.68. The van der Waals surface area contributed by atoms with Gasteiger partial charge >= 0.3 is 0 Å². The van der Waals surface area contributed by atoms with Crippen LogP contribution < -0.4 is 5.32 Å².